The molecule has 0 aliphatic rings. The van der Waals surface area contributed by atoms with Crippen molar-refractivity contribution < 1.29 is 79.4 Å². The van der Waals surface area contributed by atoms with Crippen LogP contribution in [0.4, 0.5) is 74.6 Å². The van der Waals surface area contributed by atoms with Crippen LogP contribution in [0.5, 0.6) is 0 Å². The molecule has 0 amide bonds. The van der Waals surface area contributed by atoms with E-state index in [2.05, 4.69) is 11.6 Å². The van der Waals surface area contributed by atoms with Crippen molar-refractivity contribution in [1.29, 1.82) is 0 Å². The summed E-state index contributed by atoms with van der Waals surface area (Å²) in [5.41, 5.74) is 0. The summed E-state index contributed by atoms with van der Waals surface area (Å²) in [6, 6.07) is 0. The van der Waals surface area contributed by atoms with Crippen molar-refractivity contribution >= 4 is 16.8 Å². The largest absolute Gasteiger partial charge is 0.460 e. The van der Waals surface area contributed by atoms with Gasteiger partial charge in [-0.25, -0.2) is 0 Å². The van der Waals surface area contributed by atoms with Crippen LogP contribution >= 0.6 is 11.6 Å². The molecule has 0 saturated carbocycles. The second-order valence-corrected chi connectivity index (χ2v) is 5.60. The van der Waals surface area contributed by atoms with Crippen LogP contribution < -0.4 is 0 Å². The van der Waals surface area contributed by atoms with E-state index in [1.165, 1.54) is 0 Å². The Balaban J connectivity index is 6.69. The van der Waals surface area contributed by atoms with Gasteiger partial charge in [-0.15, -0.1) is 0 Å². The van der Waals surface area contributed by atoms with Crippen LogP contribution in [0, 0.1) is 0 Å². The second-order valence-electron chi connectivity index (χ2n) is 5.18. The van der Waals surface area contributed by atoms with Gasteiger partial charge in [-0.2, -0.15) is 74.6 Å². The molecule has 0 rings (SSSR count). The zero-order valence-corrected chi connectivity index (χ0v) is 13.2. The Kier molecular flexibility index (Phi) is 6.60. The number of carbonyl (C=O) groups is 1. The standard InChI is InChI=1S/C10H2ClF17O/c11-2(29)1-3(12,13)4(14,15)5(16,17)6(18,19)7(20,21)8(22,23)9(24,25)10(26,27)28/h1H2. The Labute approximate surface area is 151 Å². The van der Waals surface area contributed by atoms with Crippen LogP contribution in [-0.4, -0.2) is 52.9 Å². The molecule has 0 unspecified atom stereocenters. The highest BCUT2D eigenvalue weighted by atomic mass is 35.5. The fourth-order valence-electron chi connectivity index (χ4n) is 1.48. The van der Waals surface area contributed by atoms with E-state index < -0.39 is 59.3 Å². The zero-order chi connectivity index (χ0) is 24.3. The number of alkyl halides is 17. The first-order valence-corrected chi connectivity index (χ1v) is 6.44. The number of hydrogen-bond donors (Lipinski definition) is 0. The summed E-state index contributed by atoms with van der Waals surface area (Å²) in [5, 5.41) is -2.66. The first kappa shape index (κ1) is 27.8. The minimum Gasteiger partial charge on any atom is -0.281 e. The predicted octanol–water partition coefficient (Wildman–Crippen LogP) is 6.15. The Hall–Kier alpha value is -1.23. The molecule has 0 N–H and O–H groups in total. The molecule has 0 spiro atoms. The van der Waals surface area contributed by atoms with Crippen LogP contribution in [-0.2, 0) is 4.79 Å². The minimum absolute atomic E-state index is 2.66. The summed E-state index contributed by atoms with van der Waals surface area (Å²) in [6.45, 7) is 0. The van der Waals surface area contributed by atoms with E-state index in [0.717, 1.165) is 0 Å². The molecule has 1 nitrogen and oxygen atoms in total. The van der Waals surface area contributed by atoms with E-state index in [1.807, 2.05) is 0 Å². The smallest absolute Gasteiger partial charge is 0.281 e. The average molecular weight is 497 g/mol. The van der Waals surface area contributed by atoms with Gasteiger partial charge in [-0.1, -0.05) is 0 Å². The van der Waals surface area contributed by atoms with Crippen molar-refractivity contribution in [1.82, 2.24) is 0 Å². The summed E-state index contributed by atoms with van der Waals surface area (Å²) >= 11 is 4.13. The van der Waals surface area contributed by atoms with Gasteiger partial charge >= 0.3 is 47.6 Å². The average Bonchev–Trinajstić information content (AvgIpc) is 2.43. The van der Waals surface area contributed by atoms with Crippen molar-refractivity contribution in [3.8, 4) is 0 Å². The number of halogens is 18. The molecule has 0 fully saturated rings. The fourth-order valence-corrected chi connectivity index (χ4v) is 1.65. The van der Waals surface area contributed by atoms with E-state index >= 15 is 0 Å². The molecule has 0 aromatic carbocycles. The molecule has 19 heteroatoms. The maximum Gasteiger partial charge on any atom is 0.460 e. The molecule has 0 radical (unpaired) electrons. The molecule has 0 aliphatic heterocycles. The molecule has 29 heavy (non-hydrogen) atoms. The third kappa shape index (κ3) is 3.68. The van der Waals surface area contributed by atoms with E-state index in [0.29, 0.717) is 0 Å². The maximum atomic E-state index is 13.2. The van der Waals surface area contributed by atoms with Gasteiger partial charge in [0.1, 0.15) is 0 Å². The molecule has 0 aliphatic carbocycles. The molecular weight excluding hydrogens is 495 g/mol. The van der Waals surface area contributed by atoms with E-state index in [4.69, 9.17) is 0 Å². The van der Waals surface area contributed by atoms with Crippen molar-refractivity contribution in [2.75, 3.05) is 0 Å². The number of hydrogen-bond acceptors (Lipinski definition) is 1. The molecular formula is C10H2ClF17O. The normalized spacial score (nSPS) is 16.2. The molecule has 0 atom stereocenters. The van der Waals surface area contributed by atoms with E-state index in [-0.39, 0.29) is 0 Å². The van der Waals surface area contributed by atoms with Crippen LogP contribution in [0.2, 0.25) is 0 Å². The van der Waals surface area contributed by atoms with Gasteiger partial charge in [0.25, 0.3) is 0 Å². The van der Waals surface area contributed by atoms with Gasteiger partial charge in [0.2, 0.25) is 5.24 Å². The maximum absolute atomic E-state index is 13.2. The van der Waals surface area contributed by atoms with Gasteiger partial charge in [0, 0.05) is 0 Å². The number of rotatable bonds is 8. The van der Waals surface area contributed by atoms with Gasteiger partial charge in [-0.05, 0) is 11.6 Å². The zero-order valence-electron chi connectivity index (χ0n) is 12.4. The second kappa shape index (κ2) is 6.90. The summed E-state index contributed by atoms with van der Waals surface area (Å²) in [6.07, 6.45) is -11.1. The molecule has 0 aromatic heterocycles. The van der Waals surface area contributed by atoms with E-state index in [9.17, 15) is 79.4 Å². The fraction of sp³-hybridized carbons (Fsp3) is 0.900. The minimum atomic E-state index is -8.69. The first-order valence-electron chi connectivity index (χ1n) is 6.06. The monoisotopic (exact) mass is 496 g/mol. The first-order chi connectivity index (χ1) is 12.2. The Morgan fingerprint density at radius 3 is 0.966 bits per heavy atom. The third-order valence-corrected chi connectivity index (χ3v) is 3.28. The van der Waals surface area contributed by atoms with Gasteiger partial charge < -0.3 is 0 Å². The van der Waals surface area contributed by atoms with Crippen molar-refractivity contribution in [2.45, 2.75) is 54.1 Å². The lowest BCUT2D eigenvalue weighted by Gasteiger charge is -2.42. The van der Waals surface area contributed by atoms with Crippen LogP contribution in [0.3, 0.4) is 0 Å². The Bertz CT molecular complexity index is 633. The van der Waals surface area contributed by atoms with Crippen LogP contribution in [0.1, 0.15) is 6.42 Å². The topological polar surface area (TPSA) is 17.1 Å². The molecule has 0 heterocycles. The van der Waals surface area contributed by atoms with Crippen LogP contribution in [0.15, 0.2) is 0 Å². The van der Waals surface area contributed by atoms with Crippen molar-refractivity contribution in [2.24, 2.45) is 0 Å². The van der Waals surface area contributed by atoms with Crippen LogP contribution in [0.25, 0.3) is 0 Å². The number of carbonyl (C=O) groups excluding carboxylic acids is 1. The molecule has 0 saturated heterocycles. The highest BCUT2D eigenvalue weighted by Gasteiger charge is 2.95. The van der Waals surface area contributed by atoms with Gasteiger partial charge in [-0.3, -0.25) is 4.79 Å². The Morgan fingerprint density at radius 1 is 0.483 bits per heavy atom. The lowest BCUT2D eigenvalue weighted by molar-refractivity contribution is -0.461. The third-order valence-electron chi connectivity index (χ3n) is 3.15. The highest BCUT2D eigenvalue weighted by molar-refractivity contribution is 6.63. The summed E-state index contributed by atoms with van der Waals surface area (Å²) in [4.78, 5) is 10.1. The SMILES string of the molecule is O=C(Cl)CC(F)(F)C(F)(F)C(F)(F)C(F)(F)C(F)(F)C(F)(F)C(F)(F)C(F)(F)F. The lowest BCUT2D eigenvalue weighted by Crippen LogP contribution is -2.74. The highest BCUT2D eigenvalue weighted by Crippen LogP contribution is 2.64. The quantitative estimate of drug-likeness (QED) is 0.291. The van der Waals surface area contributed by atoms with Crippen molar-refractivity contribution in [3.05, 3.63) is 0 Å². The van der Waals surface area contributed by atoms with Gasteiger partial charge in [0.15, 0.2) is 0 Å². The van der Waals surface area contributed by atoms with Crippen molar-refractivity contribution in [3.63, 3.8) is 0 Å². The molecule has 174 valence electrons. The molecule has 0 aromatic rings. The summed E-state index contributed by atoms with van der Waals surface area (Å²) in [5.74, 6) is -57.2. The lowest BCUT2D eigenvalue weighted by atomic mass is 9.88. The Morgan fingerprint density at radius 2 is 0.724 bits per heavy atom. The van der Waals surface area contributed by atoms with Gasteiger partial charge in [0.05, 0.1) is 6.42 Å². The molecule has 0 bridgehead atoms. The summed E-state index contributed by atoms with van der Waals surface area (Å²) in [7, 11) is 0. The van der Waals surface area contributed by atoms with E-state index in [1.54, 1.807) is 0 Å². The predicted molar refractivity (Wildman–Crippen MR) is 56.2 cm³/mol. The summed E-state index contributed by atoms with van der Waals surface area (Å²) < 4.78 is 217.